The van der Waals surface area contributed by atoms with Crippen molar-refractivity contribution in [1.82, 2.24) is 9.55 Å². The highest BCUT2D eigenvalue weighted by molar-refractivity contribution is 7.99. The molecule has 0 bridgehead atoms. The normalized spacial score (nSPS) is 11.0. The van der Waals surface area contributed by atoms with Crippen LogP contribution in [0.1, 0.15) is 11.1 Å². The lowest BCUT2D eigenvalue weighted by atomic mass is 10.1. The van der Waals surface area contributed by atoms with Gasteiger partial charge in [0.05, 0.1) is 12.0 Å². The average molecular weight is 449 g/mol. The van der Waals surface area contributed by atoms with Gasteiger partial charge >= 0.3 is 0 Å². The van der Waals surface area contributed by atoms with Crippen LogP contribution in [0.4, 0.5) is 0 Å². The maximum atomic E-state index is 13.4. The number of nitrogens with zero attached hydrogens (tertiary/aromatic N) is 2. The first-order chi connectivity index (χ1) is 15.1. The summed E-state index contributed by atoms with van der Waals surface area (Å²) in [5.74, 6) is 1.55. The van der Waals surface area contributed by atoms with Gasteiger partial charge in [0, 0.05) is 23.2 Å². The van der Waals surface area contributed by atoms with Crippen LogP contribution in [-0.4, -0.2) is 21.9 Å². The van der Waals surface area contributed by atoms with Crippen LogP contribution in [0, 0.1) is 13.8 Å². The summed E-state index contributed by atoms with van der Waals surface area (Å²) in [4.78, 5) is 19.0. The third-order valence-electron chi connectivity index (χ3n) is 4.91. The molecule has 0 unspecified atom stereocenters. The molecule has 2 heterocycles. The van der Waals surface area contributed by atoms with E-state index in [-0.39, 0.29) is 5.56 Å². The van der Waals surface area contributed by atoms with E-state index >= 15 is 0 Å². The predicted molar refractivity (Wildman–Crippen MR) is 132 cm³/mol. The Kier molecular flexibility index (Phi) is 6.59. The van der Waals surface area contributed by atoms with Crippen LogP contribution < -0.4 is 10.3 Å². The fourth-order valence-electron chi connectivity index (χ4n) is 3.35. The monoisotopic (exact) mass is 448 g/mol. The molecule has 0 fully saturated rings. The van der Waals surface area contributed by atoms with E-state index in [2.05, 4.69) is 37.8 Å². The van der Waals surface area contributed by atoms with Gasteiger partial charge in [-0.15, -0.1) is 17.9 Å². The zero-order valence-corrected chi connectivity index (χ0v) is 19.3. The van der Waals surface area contributed by atoms with Crippen LogP contribution in [-0.2, 0) is 6.54 Å². The van der Waals surface area contributed by atoms with Crippen LogP contribution in [0.3, 0.4) is 0 Å². The van der Waals surface area contributed by atoms with Gasteiger partial charge in [-0.05, 0) is 37.1 Å². The largest absolute Gasteiger partial charge is 0.493 e. The number of thiophene rings is 1. The number of ether oxygens (including phenoxy) is 1. The second-order valence-corrected chi connectivity index (χ2v) is 9.23. The molecule has 0 radical (unpaired) electrons. The molecule has 2 aromatic heterocycles. The molecule has 4 aromatic rings. The Balaban J connectivity index is 1.60. The Morgan fingerprint density at radius 2 is 1.97 bits per heavy atom. The molecule has 4 nitrogen and oxygen atoms in total. The Morgan fingerprint density at radius 1 is 1.16 bits per heavy atom. The molecular weight excluding hydrogens is 424 g/mol. The topological polar surface area (TPSA) is 44.1 Å². The van der Waals surface area contributed by atoms with Gasteiger partial charge in [-0.3, -0.25) is 9.36 Å². The number of hydrogen-bond donors (Lipinski definition) is 0. The van der Waals surface area contributed by atoms with E-state index in [4.69, 9.17) is 9.72 Å². The maximum Gasteiger partial charge on any atom is 0.263 e. The van der Waals surface area contributed by atoms with E-state index in [9.17, 15) is 4.79 Å². The maximum absolute atomic E-state index is 13.4. The van der Waals surface area contributed by atoms with E-state index in [1.807, 2.05) is 36.6 Å². The summed E-state index contributed by atoms with van der Waals surface area (Å²) in [5.41, 5.74) is 4.31. The highest BCUT2D eigenvalue weighted by Gasteiger charge is 2.17. The van der Waals surface area contributed by atoms with Gasteiger partial charge in [0.1, 0.15) is 10.6 Å². The fourth-order valence-corrected chi connectivity index (χ4v) is 5.16. The zero-order valence-electron chi connectivity index (χ0n) is 17.6. The van der Waals surface area contributed by atoms with Gasteiger partial charge in [-0.25, -0.2) is 4.98 Å². The highest BCUT2D eigenvalue weighted by Crippen LogP contribution is 2.32. The fraction of sp³-hybridized carbons (Fsp3) is 0.200. The minimum absolute atomic E-state index is 0.0242. The van der Waals surface area contributed by atoms with E-state index < -0.39 is 0 Å². The molecule has 0 aliphatic heterocycles. The van der Waals surface area contributed by atoms with Gasteiger partial charge in [-0.1, -0.05) is 59.8 Å². The first-order valence-electron chi connectivity index (χ1n) is 10.1. The molecular formula is C25H24N2O2S2. The smallest absolute Gasteiger partial charge is 0.263 e. The van der Waals surface area contributed by atoms with Gasteiger partial charge in [0.2, 0.25) is 0 Å². The molecule has 0 saturated carbocycles. The molecule has 0 aliphatic rings. The van der Waals surface area contributed by atoms with Gasteiger partial charge in [-0.2, -0.15) is 0 Å². The number of hydrogen-bond acceptors (Lipinski definition) is 5. The molecule has 2 aromatic carbocycles. The number of benzene rings is 2. The van der Waals surface area contributed by atoms with Crippen molar-refractivity contribution in [2.24, 2.45) is 0 Å². The van der Waals surface area contributed by atoms with Crippen molar-refractivity contribution < 1.29 is 4.74 Å². The van der Waals surface area contributed by atoms with Gasteiger partial charge in [0.25, 0.3) is 5.56 Å². The average Bonchev–Trinajstić information content (AvgIpc) is 3.18. The molecule has 6 heteroatoms. The molecule has 0 spiro atoms. The molecule has 0 aliphatic carbocycles. The van der Waals surface area contributed by atoms with E-state index in [0.29, 0.717) is 29.4 Å². The minimum atomic E-state index is -0.0242. The predicted octanol–water partition coefficient (Wildman–Crippen LogP) is 6.10. The van der Waals surface area contributed by atoms with Crippen molar-refractivity contribution >= 4 is 33.3 Å². The Labute approximate surface area is 190 Å². The van der Waals surface area contributed by atoms with Crippen LogP contribution >= 0.6 is 23.1 Å². The minimum Gasteiger partial charge on any atom is -0.493 e. The number of rotatable bonds is 8. The summed E-state index contributed by atoms with van der Waals surface area (Å²) in [7, 11) is 0. The van der Waals surface area contributed by atoms with Crippen LogP contribution in [0.15, 0.2) is 76.5 Å². The summed E-state index contributed by atoms with van der Waals surface area (Å²) in [6.45, 7) is 8.88. The van der Waals surface area contributed by atoms with E-state index in [0.717, 1.165) is 21.7 Å². The van der Waals surface area contributed by atoms with Crippen molar-refractivity contribution in [2.45, 2.75) is 25.5 Å². The highest BCUT2D eigenvalue weighted by atomic mass is 32.2. The van der Waals surface area contributed by atoms with Crippen molar-refractivity contribution in [2.75, 3.05) is 12.4 Å². The van der Waals surface area contributed by atoms with Crippen molar-refractivity contribution in [3.05, 3.63) is 88.0 Å². The first-order valence-corrected chi connectivity index (χ1v) is 12.0. The lowest BCUT2D eigenvalue weighted by Gasteiger charge is -2.11. The SMILES string of the molecule is C=CCn1c(SCCOc2cccc(C)c2)nc2scc(-c3ccc(C)cc3)c2c1=O. The number of fused-ring (bicyclic) bond motifs is 1. The number of aryl methyl sites for hydroxylation is 2. The van der Waals surface area contributed by atoms with E-state index in [1.165, 1.54) is 34.2 Å². The number of thioether (sulfide) groups is 1. The Bertz CT molecular complexity index is 1270. The van der Waals surface area contributed by atoms with Crippen LogP contribution in [0.25, 0.3) is 21.3 Å². The lowest BCUT2D eigenvalue weighted by Crippen LogP contribution is -2.23. The Morgan fingerprint density at radius 3 is 2.71 bits per heavy atom. The van der Waals surface area contributed by atoms with Crippen molar-refractivity contribution in [1.29, 1.82) is 0 Å². The third-order valence-corrected chi connectivity index (χ3v) is 6.72. The molecule has 158 valence electrons. The Hall–Kier alpha value is -2.83. The van der Waals surface area contributed by atoms with E-state index in [1.54, 1.807) is 10.6 Å². The number of allylic oxidation sites excluding steroid dienone is 1. The summed E-state index contributed by atoms with van der Waals surface area (Å²) in [6, 6.07) is 16.2. The van der Waals surface area contributed by atoms with Crippen molar-refractivity contribution in [3.63, 3.8) is 0 Å². The van der Waals surface area contributed by atoms with Crippen molar-refractivity contribution in [3.8, 4) is 16.9 Å². The lowest BCUT2D eigenvalue weighted by molar-refractivity contribution is 0.343. The van der Waals surface area contributed by atoms with Crippen LogP contribution in [0.2, 0.25) is 0 Å². The molecule has 4 rings (SSSR count). The third kappa shape index (κ3) is 4.75. The summed E-state index contributed by atoms with van der Waals surface area (Å²) < 4.78 is 7.55. The number of aromatic nitrogens is 2. The second kappa shape index (κ2) is 9.54. The second-order valence-electron chi connectivity index (χ2n) is 7.31. The van der Waals surface area contributed by atoms with Crippen LogP contribution in [0.5, 0.6) is 5.75 Å². The zero-order chi connectivity index (χ0) is 21.8. The standard InChI is InChI=1S/C25H24N2O2S2/c1-4-12-27-24(28)22-21(19-10-8-17(2)9-11-19)16-31-23(22)26-25(27)30-14-13-29-20-7-5-6-18(3)15-20/h4-11,15-16H,1,12-14H2,2-3H3. The summed E-state index contributed by atoms with van der Waals surface area (Å²) in [6.07, 6.45) is 1.74. The molecule has 0 amide bonds. The molecule has 0 atom stereocenters. The summed E-state index contributed by atoms with van der Waals surface area (Å²) >= 11 is 3.04. The molecule has 0 N–H and O–H groups in total. The quantitative estimate of drug-likeness (QED) is 0.141. The molecule has 31 heavy (non-hydrogen) atoms. The molecule has 0 saturated heterocycles. The first kappa shape index (κ1) is 21.4. The summed E-state index contributed by atoms with van der Waals surface area (Å²) in [5, 5.41) is 3.40. The van der Waals surface area contributed by atoms with Gasteiger partial charge < -0.3 is 4.74 Å². The van der Waals surface area contributed by atoms with Gasteiger partial charge in [0.15, 0.2) is 5.16 Å².